The third kappa shape index (κ3) is 3.08. The summed E-state index contributed by atoms with van der Waals surface area (Å²) >= 11 is 0. The predicted molar refractivity (Wildman–Crippen MR) is 76.3 cm³/mol. The molecule has 4 nitrogen and oxygen atoms in total. The van der Waals surface area contributed by atoms with Gasteiger partial charge < -0.3 is 15.4 Å². The number of benzene rings is 1. The summed E-state index contributed by atoms with van der Waals surface area (Å²) < 4.78 is 5.37. The van der Waals surface area contributed by atoms with Crippen molar-refractivity contribution in [1.29, 1.82) is 0 Å². The SMILES string of the molecule is C=CCN(C(=O)c1ccc(OCC)c(N)c1)C1CC1. The third-order valence-electron chi connectivity index (χ3n) is 3.13. The second-order valence-corrected chi connectivity index (χ2v) is 4.66. The van der Waals surface area contributed by atoms with Gasteiger partial charge in [-0.2, -0.15) is 0 Å². The monoisotopic (exact) mass is 260 g/mol. The van der Waals surface area contributed by atoms with E-state index in [-0.39, 0.29) is 5.91 Å². The maximum atomic E-state index is 12.4. The van der Waals surface area contributed by atoms with E-state index in [2.05, 4.69) is 6.58 Å². The van der Waals surface area contributed by atoms with Crippen molar-refractivity contribution in [2.45, 2.75) is 25.8 Å². The largest absolute Gasteiger partial charge is 0.492 e. The highest BCUT2D eigenvalue weighted by molar-refractivity contribution is 5.96. The Morgan fingerprint density at radius 2 is 2.32 bits per heavy atom. The number of nitrogens with two attached hydrogens (primary N) is 1. The van der Waals surface area contributed by atoms with Gasteiger partial charge >= 0.3 is 0 Å². The third-order valence-corrected chi connectivity index (χ3v) is 3.13. The van der Waals surface area contributed by atoms with E-state index >= 15 is 0 Å². The predicted octanol–water partition coefficient (Wildman–Crippen LogP) is 2.46. The van der Waals surface area contributed by atoms with E-state index in [4.69, 9.17) is 10.5 Å². The number of anilines is 1. The molecule has 0 saturated heterocycles. The van der Waals surface area contributed by atoms with Crippen LogP contribution in [0.15, 0.2) is 30.9 Å². The maximum Gasteiger partial charge on any atom is 0.254 e. The Hall–Kier alpha value is -1.97. The van der Waals surface area contributed by atoms with Gasteiger partial charge in [-0.3, -0.25) is 4.79 Å². The molecule has 19 heavy (non-hydrogen) atoms. The molecule has 1 aliphatic rings. The van der Waals surface area contributed by atoms with Gasteiger partial charge in [0, 0.05) is 18.2 Å². The standard InChI is InChI=1S/C15H20N2O2/c1-3-9-17(12-6-7-12)15(18)11-5-8-14(19-4-2)13(16)10-11/h3,5,8,10,12H,1,4,6-7,9,16H2,2H3. The average Bonchev–Trinajstić information content (AvgIpc) is 3.22. The van der Waals surface area contributed by atoms with E-state index in [1.165, 1.54) is 0 Å². The molecule has 0 unspecified atom stereocenters. The highest BCUT2D eigenvalue weighted by Crippen LogP contribution is 2.29. The van der Waals surface area contributed by atoms with Gasteiger partial charge in [-0.25, -0.2) is 0 Å². The van der Waals surface area contributed by atoms with E-state index in [0.29, 0.717) is 36.2 Å². The normalized spacial score (nSPS) is 13.9. The Morgan fingerprint density at radius 3 is 2.84 bits per heavy atom. The molecule has 0 bridgehead atoms. The van der Waals surface area contributed by atoms with Crippen LogP contribution < -0.4 is 10.5 Å². The lowest BCUT2D eigenvalue weighted by molar-refractivity contribution is 0.0762. The van der Waals surface area contributed by atoms with Crippen LogP contribution in [0.3, 0.4) is 0 Å². The summed E-state index contributed by atoms with van der Waals surface area (Å²) in [6.45, 7) is 6.74. The number of carbonyl (C=O) groups is 1. The fourth-order valence-corrected chi connectivity index (χ4v) is 2.06. The summed E-state index contributed by atoms with van der Waals surface area (Å²) in [4.78, 5) is 14.3. The van der Waals surface area contributed by atoms with Crippen LogP contribution in [0, 0.1) is 0 Å². The summed E-state index contributed by atoms with van der Waals surface area (Å²) in [7, 11) is 0. The Labute approximate surface area is 113 Å². The molecule has 0 aromatic heterocycles. The van der Waals surface area contributed by atoms with E-state index in [9.17, 15) is 4.79 Å². The second kappa shape index (κ2) is 5.78. The van der Waals surface area contributed by atoms with Crippen molar-refractivity contribution in [3.05, 3.63) is 36.4 Å². The Kier molecular flexibility index (Phi) is 4.10. The zero-order chi connectivity index (χ0) is 13.8. The number of ether oxygens (including phenoxy) is 1. The molecule has 4 heteroatoms. The smallest absolute Gasteiger partial charge is 0.254 e. The van der Waals surface area contributed by atoms with Gasteiger partial charge in [0.2, 0.25) is 0 Å². The lowest BCUT2D eigenvalue weighted by atomic mass is 10.1. The average molecular weight is 260 g/mol. The van der Waals surface area contributed by atoms with Crippen molar-refractivity contribution in [2.24, 2.45) is 0 Å². The number of rotatable bonds is 6. The fourth-order valence-electron chi connectivity index (χ4n) is 2.06. The Morgan fingerprint density at radius 1 is 1.58 bits per heavy atom. The number of carbonyl (C=O) groups excluding carboxylic acids is 1. The molecular weight excluding hydrogens is 240 g/mol. The molecule has 0 radical (unpaired) electrons. The minimum atomic E-state index is 0.0112. The van der Waals surface area contributed by atoms with Gasteiger partial charge in [-0.15, -0.1) is 6.58 Å². The van der Waals surface area contributed by atoms with E-state index in [0.717, 1.165) is 12.8 Å². The minimum Gasteiger partial charge on any atom is -0.492 e. The second-order valence-electron chi connectivity index (χ2n) is 4.66. The van der Waals surface area contributed by atoms with E-state index in [1.54, 1.807) is 24.3 Å². The molecular formula is C15H20N2O2. The summed E-state index contributed by atoms with van der Waals surface area (Å²) in [6, 6.07) is 5.57. The summed E-state index contributed by atoms with van der Waals surface area (Å²) in [5.41, 5.74) is 7.00. The topological polar surface area (TPSA) is 55.6 Å². The van der Waals surface area contributed by atoms with Gasteiger partial charge in [0.1, 0.15) is 5.75 Å². The van der Waals surface area contributed by atoms with Gasteiger partial charge in [-0.05, 0) is 38.0 Å². The molecule has 102 valence electrons. The maximum absolute atomic E-state index is 12.4. The van der Waals surface area contributed by atoms with Crippen LogP contribution in [0.4, 0.5) is 5.69 Å². The first kappa shape index (κ1) is 13.5. The van der Waals surface area contributed by atoms with Gasteiger partial charge in [0.05, 0.1) is 12.3 Å². The number of hydrogen-bond acceptors (Lipinski definition) is 3. The summed E-state index contributed by atoms with van der Waals surface area (Å²) in [5.74, 6) is 0.637. The first-order chi connectivity index (χ1) is 9.17. The molecule has 0 atom stereocenters. The fraction of sp³-hybridized carbons (Fsp3) is 0.400. The van der Waals surface area contributed by atoms with E-state index in [1.807, 2.05) is 11.8 Å². The van der Waals surface area contributed by atoms with Crippen molar-refractivity contribution < 1.29 is 9.53 Å². The lowest BCUT2D eigenvalue weighted by Crippen LogP contribution is -2.33. The van der Waals surface area contributed by atoms with Crippen molar-refractivity contribution in [2.75, 3.05) is 18.9 Å². The molecule has 0 heterocycles. The molecule has 0 aliphatic heterocycles. The number of amides is 1. The highest BCUT2D eigenvalue weighted by atomic mass is 16.5. The van der Waals surface area contributed by atoms with Crippen LogP contribution in [0.5, 0.6) is 5.75 Å². The molecule has 1 aromatic carbocycles. The van der Waals surface area contributed by atoms with Crippen LogP contribution in [-0.2, 0) is 0 Å². The van der Waals surface area contributed by atoms with Gasteiger partial charge in [-0.1, -0.05) is 6.08 Å². The van der Waals surface area contributed by atoms with Crippen LogP contribution in [0.25, 0.3) is 0 Å². The minimum absolute atomic E-state index is 0.0112. The van der Waals surface area contributed by atoms with Gasteiger partial charge in [0.15, 0.2) is 0 Å². The zero-order valence-electron chi connectivity index (χ0n) is 11.3. The van der Waals surface area contributed by atoms with E-state index < -0.39 is 0 Å². The van der Waals surface area contributed by atoms with Crippen molar-refractivity contribution >= 4 is 11.6 Å². The number of nitrogen functional groups attached to an aromatic ring is 1. The van der Waals surface area contributed by atoms with Crippen molar-refractivity contribution in [3.63, 3.8) is 0 Å². The van der Waals surface area contributed by atoms with Crippen molar-refractivity contribution in [1.82, 2.24) is 4.90 Å². The first-order valence-corrected chi connectivity index (χ1v) is 6.61. The molecule has 1 aliphatic carbocycles. The van der Waals surface area contributed by atoms with Crippen LogP contribution in [-0.4, -0.2) is 30.0 Å². The molecule has 1 aromatic rings. The molecule has 1 fully saturated rings. The molecule has 0 spiro atoms. The zero-order valence-corrected chi connectivity index (χ0v) is 11.3. The highest BCUT2D eigenvalue weighted by Gasteiger charge is 2.32. The Bertz CT molecular complexity index is 481. The van der Waals surface area contributed by atoms with Crippen LogP contribution >= 0.6 is 0 Å². The number of nitrogens with zero attached hydrogens (tertiary/aromatic N) is 1. The first-order valence-electron chi connectivity index (χ1n) is 6.61. The summed E-state index contributed by atoms with van der Waals surface area (Å²) in [6.07, 6.45) is 3.91. The van der Waals surface area contributed by atoms with Gasteiger partial charge in [0.25, 0.3) is 5.91 Å². The number of hydrogen-bond donors (Lipinski definition) is 1. The Balaban J connectivity index is 2.18. The molecule has 1 saturated carbocycles. The quantitative estimate of drug-likeness (QED) is 0.631. The lowest BCUT2D eigenvalue weighted by Gasteiger charge is -2.21. The summed E-state index contributed by atoms with van der Waals surface area (Å²) in [5, 5.41) is 0. The molecule has 2 N–H and O–H groups in total. The molecule has 1 amide bonds. The molecule has 2 rings (SSSR count). The van der Waals surface area contributed by atoms with Crippen molar-refractivity contribution in [3.8, 4) is 5.75 Å². The van der Waals surface area contributed by atoms with Crippen LogP contribution in [0.2, 0.25) is 0 Å². The van der Waals surface area contributed by atoms with Crippen LogP contribution in [0.1, 0.15) is 30.1 Å².